The monoisotopic (exact) mass is 341 g/mol. The van der Waals surface area contributed by atoms with Crippen LogP contribution in [-0.2, 0) is 9.53 Å². The molecule has 0 spiro atoms. The maximum Gasteiger partial charge on any atom is 0.491 e. The van der Waals surface area contributed by atoms with E-state index in [1.165, 1.54) is 6.07 Å². The van der Waals surface area contributed by atoms with Crippen molar-refractivity contribution in [1.29, 1.82) is 0 Å². The van der Waals surface area contributed by atoms with Crippen LogP contribution in [0.2, 0.25) is 0 Å². The minimum absolute atomic E-state index is 0.126. The SMILES string of the molecule is Cc1ccc(-c2ccc(F)cc2NC(=O)OC(=O)C(F)(F)F)cc1. The second kappa shape index (κ2) is 6.69. The Morgan fingerprint density at radius 1 is 1.04 bits per heavy atom. The summed E-state index contributed by atoms with van der Waals surface area (Å²) in [6.45, 7) is 1.85. The average Bonchev–Trinajstić information content (AvgIpc) is 2.47. The van der Waals surface area contributed by atoms with Crippen molar-refractivity contribution >= 4 is 17.7 Å². The number of hydrogen-bond donors (Lipinski definition) is 1. The third-order valence-electron chi connectivity index (χ3n) is 3.00. The first-order valence-corrected chi connectivity index (χ1v) is 6.63. The highest BCUT2D eigenvalue weighted by molar-refractivity contribution is 5.97. The minimum Gasteiger partial charge on any atom is -0.369 e. The van der Waals surface area contributed by atoms with E-state index in [-0.39, 0.29) is 5.69 Å². The van der Waals surface area contributed by atoms with Gasteiger partial charge >= 0.3 is 18.2 Å². The number of rotatable bonds is 2. The third-order valence-corrected chi connectivity index (χ3v) is 3.00. The van der Waals surface area contributed by atoms with Crippen molar-refractivity contribution in [3.63, 3.8) is 0 Å². The third kappa shape index (κ3) is 4.31. The lowest BCUT2D eigenvalue weighted by molar-refractivity contribution is -0.192. The summed E-state index contributed by atoms with van der Waals surface area (Å²) in [5.41, 5.74) is 1.79. The van der Waals surface area contributed by atoms with Gasteiger partial charge in [-0.15, -0.1) is 0 Å². The van der Waals surface area contributed by atoms with E-state index in [0.29, 0.717) is 11.1 Å². The summed E-state index contributed by atoms with van der Waals surface area (Å²) in [5, 5.41) is 1.95. The minimum atomic E-state index is -5.31. The molecule has 126 valence electrons. The Labute approximate surface area is 134 Å². The Kier molecular flexibility index (Phi) is 4.87. The molecule has 0 aliphatic carbocycles. The van der Waals surface area contributed by atoms with Crippen molar-refractivity contribution in [1.82, 2.24) is 0 Å². The predicted octanol–water partition coefficient (Wildman–Crippen LogP) is 4.44. The van der Waals surface area contributed by atoms with E-state index in [1.807, 2.05) is 12.2 Å². The van der Waals surface area contributed by atoms with Crippen molar-refractivity contribution < 1.29 is 31.9 Å². The molecule has 2 rings (SSSR count). The van der Waals surface area contributed by atoms with Crippen LogP contribution in [0.5, 0.6) is 0 Å². The van der Waals surface area contributed by atoms with Gasteiger partial charge in [0.1, 0.15) is 5.82 Å². The van der Waals surface area contributed by atoms with Gasteiger partial charge in [-0.3, -0.25) is 5.32 Å². The van der Waals surface area contributed by atoms with Gasteiger partial charge in [-0.1, -0.05) is 29.8 Å². The number of amides is 1. The fraction of sp³-hybridized carbons (Fsp3) is 0.125. The predicted molar refractivity (Wildman–Crippen MR) is 77.7 cm³/mol. The molecule has 0 saturated heterocycles. The Balaban J connectivity index is 2.26. The molecule has 8 heteroatoms. The Morgan fingerprint density at radius 3 is 2.25 bits per heavy atom. The number of anilines is 1. The smallest absolute Gasteiger partial charge is 0.369 e. The zero-order valence-corrected chi connectivity index (χ0v) is 12.3. The van der Waals surface area contributed by atoms with Gasteiger partial charge in [0, 0.05) is 5.56 Å². The summed E-state index contributed by atoms with van der Waals surface area (Å²) in [6.07, 6.45) is -6.96. The molecule has 2 aromatic carbocycles. The summed E-state index contributed by atoms with van der Waals surface area (Å²) < 4.78 is 53.3. The fourth-order valence-corrected chi connectivity index (χ4v) is 1.88. The number of esters is 1. The van der Waals surface area contributed by atoms with Crippen LogP contribution in [0.4, 0.5) is 28.0 Å². The number of aryl methyl sites for hydroxylation is 1. The molecule has 24 heavy (non-hydrogen) atoms. The van der Waals surface area contributed by atoms with Gasteiger partial charge < -0.3 is 4.74 Å². The van der Waals surface area contributed by atoms with Crippen molar-refractivity contribution in [2.45, 2.75) is 13.1 Å². The Hall–Kier alpha value is -2.90. The van der Waals surface area contributed by atoms with E-state index in [9.17, 15) is 27.2 Å². The molecular weight excluding hydrogens is 330 g/mol. The Morgan fingerprint density at radius 2 is 1.67 bits per heavy atom. The van der Waals surface area contributed by atoms with Crippen LogP contribution in [0, 0.1) is 12.7 Å². The molecule has 0 saturated carbocycles. The normalized spacial score (nSPS) is 11.0. The number of benzene rings is 2. The van der Waals surface area contributed by atoms with Crippen molar-refractivity contribution in [3.8, 4) is 11.1 Å². The molecule has 1 amide bonds. The molecule has 0 atom stereocenters. The molecule has 2 aromatic rings. The lowest BCUT2D eigenvalue weighted by atomic mass is 10.0. The van der Waals surface area contributed by atoms with Crippen LogP contribution in [0.1, 0.15) is 5.56 Å². The molecule has 1 N–H and O–H groups in total. The van der Waals surface area contributed by atoms with Crippen LogP contribution in [0.25, 0.3) is 11.1 Å². The molecule has 0 radical (unpaired) electrons. The number of nitrogens with one attached hydrogen (secondary N) is 1. The van der Waals surface area contributed by atoms with Crippen LogP contribution in [0.15, 0.2) is 42.5 Å². The highest BCUT2D eigenvalue weighted by atomic mass is 19.4. The fourth-order valence-electron chi connectivity index (χ4n) is 1.88. The lowest BCUT2D eigenvalue weighted by Gasteiger charge is -2.12. The van der Waals surface area contributed by atoms with Crippen molar-refractivity contribution in [2.75, 3.05) is 5.32 Å². The first kappa shape index (κ1) is 17.5. The summed E-state index contributed by atoms with van der Waals surface area (Å²) in [6, 6.07) is 10.3. The van der Waals surface area contributed by atoms with Gasteiger partial charge in [0.15, 0.2) is 0 Å². The molecule has 0 unspecified atom stereocenters. The van der Waals surface area contributed by atoms with E-state index >= 15 is 0 Å². The highest BCUT2D eigenvalue weighted by Crippen LogP contribution is 2.29. The summed E-state index contributed by atoms with van der Waals surface area (Å²) in [5.74, 6) is -3.38. The van der Waals surface area contributed by atoms with Crippen molar-refractivity contribution in [2.24, 2.45) is 0 Å². The van der Waals surface area contributed by atoms with Gasteiger partial charge in [0.05, 0.1) is 5.69 Å². The van der Waals surface area contributed by atoms with Crippen LogP contribution in [-0.4, -0.2) is 18.2 Å². The number of hydrogen-bond acceptors (Lipinski definition) is 3. The van der Waals surface area contributed by atoms with Crippen molar-refractivity contribution in [3.05, 3.63) is 53.8 Å². The average molecular weight is 341 g/mol. The quantitative estimate of drug-likeness (QED) is 0.499. The molecule has 0 aliphatic rings. The van der Waals surface area contributed by atoms with E-state index in [1.54, 1.807) is 24.3 Å². The number of alkyl halides is 3. The molecular formula is C16H11F4NO3. The first-order chi connectivity index (χ1) is 11.2. The molecule has 0 heterocycles. The van der Waals surface area contributed by atoms with E-state index in [4.69, 9.17) is 0 Å². The molecule has 0 aliphatic heterocycles. The largest absolute Gasteiger partial charge is 0.491 e. The van der Waals surface area contributed by atoms with E-state index in [0.717, 1.165) is 17.7 Å². The summed E-state index contributed by atoms with van der Waals surface area (Å²) in [4.78, 5) is 22.1. The zero-order chi connectivity index (χ0) is 17.9. The first-order valence-electron chi connectivity index (χ1n) is 6.63. The van der Waals surface area contributed by atoms with Gasteiger partial charge in [-0.05, 0) is 30.7 Å². The topological polar surface area (TPSA) is 55.4 Å². The van der Waals surface area contributed by atoms with E-state index in [2.05, 4.69) is 4.74 Å². The van der Waals surface area contributed by atoms with Gasteiger partial charge in [-0.2, -0.15) is 13.2 Å². The molecule has 4 nitrogen and oxygen atoms in total. The maximum absolute atomic E-state index is 13.4. The van der Waals surface area contributed by atoms with E-state index < -0.39 is 24.1 Å². The highest BCUT2D eigenvalue weighted by Gasteiger charge is 2.42. The molecule has 0 aromatic heterocycles. The number of halogens is 4. The second-order valence-corrected chi connectivity index (χ2v) is 4.86. The van der Waals surface area contributed by atoms with Gasteiger partial charge in [0.25, 0.3) is 0 Å². The zero-order valence-electron chi connectivity index (χ0n) is 12.3. The van der Waals surface area contributed by atoms with Crippen LogP contribution < -0.4 is 5.32 Å². The number of carbonyl (C=O) groups is 2. The number of ether oxygens (including phenoxy) is 1. The van der Waals surface area contributed by atoms with Crippen LogP contribution in [0.3, 0.4) is 0 Å². The maximum atomic E-state index is 13.4. The lowest BCUT2D eigenvalue weighted by Crippen LogP contribution is -2.30. The van der Waals surface area contributed by atoms with Gasteiger partial charge in [0.2, 0.25) is 0 Å². The summed E-state index contributed by atoms with van der Waals surface area (Å²) >= 11 is 0. The second-order valence-electron chi connectivity index (χ2n) is 4.86. The van der Waals surface area contributed by atoms with Crippen LogP contribution >= 0.6 is 0 Å². The standard InChI is InChI=1S/C16H11F4NO3/c1-9-2-4-10(5-3-9)12-7-6-11(17)8-13(12)21-15(23)24-14(22)16(18,19)20/h2-8H,1H3,(H,21,23). The Bertz CT molecular complexity index is 770. The summed E-state index contributed by atoms with van der Waals surface area (Å²) in [7, 11) is 0. The van der Waals surface area contributed by atoms with Gasteiger partial charge in [-0.25, -0.2) is 14.0 Å². The molecule has 0 fully saturated rings. The number of carbonyl (C=O) groups excluding carboxylic acids is 2. The molecule has 0 bridgehead atoms.